The molecule has 1 aromatic carbocycles. The summed E-state index contributed by atoms with van der Waals surface area (Å²) in [5.41, 5.74) is 2.06. The van der Waals surface area contributed by atoms with E-state index in [0.717, 1.165) is 23.3 Å². The first-order valence-electron chi connectivity index (χ1n) is 10.5. The van der Waals surface area contributed by atoms with Gasteiger partial charge in [0.1, 0.15) is 5.75 Å². The zero-order valence-electron chi connectivity index (χ0n) is 18.5. The SMILES string of the molecule is COc1ccccc1C=CCN1CCNC(=O)C1CC(=O)N(C)CCc1cnn(C)c1. The molecule has 8 heteroatoms. The fourth-order valence-corrected chi connectivity index (χ4v) is 3.67. The Kier molecular flexibility index (Phi) is 7.83. The lowest BCUT2D eigenvalue weighted by Gasteiger charge is -2.34. The van der Waals surface area contributed by atoms with E-state index in [9.17, 15) is 9.59 Å². The van der Waals surface area contributed by atoms with Gasteiger partial charge in [-0.3, -0.25) is 19.2 Å². The van der Waals surface area contributed by atoms with Crippen molar-refractivity contribution in [3.8, 4) is 5.75 Å². The quantitative estimate of drug-likeness (QED) is 0.656. The van der Waals surface area contributed by atoms with Gasteiger partial charge in [-0.2, -0.15) is 5.10 Å². The summed E-state index contributed by atoms with van der Waals surface area (Å²) < 4.78 is 7.13. The lowest BCUT2D eigenvalue weighted by Crippen LogP contribution is -2.56. The van der Waals surface area contributed by atoms with Crippen molar-refractivity contribution in [1.29, 1.82) is 0 Å². The Hall–Kier alpha value is -3.13. The highest BCUT2D eigenvalue weighted by molar-refractivity contribution is 5.88. The molecule has 0 spiro atoms. The summed E-state index contributed by atoms with van der Waals surface area (Å²) in [6, 6.07) is 7.31. The molecule has 0 saturated carbocycles. The average Bonchev–Trinajstić information content (AvgIpc) is 3.19. The Balaban J connectivity index is 1.57. The summed E-state index contributed by atoms with van der Waals surface area (Å²) in [6.45, 7) is 2.47. The van der Waals surface area contributed by atoms with Gasteiger partial charge in [-0.05, 0) is 18.1 Å². The second-order valence-corrected chi connectivity index (χ2v) is 7.74. The van der Waals surface area contributed by atoms with E-state index in [4.69, 9.17) is 4.74 Å². The number of hydrogen-bond donors (Lipinski definition) is 1. The van der Waals surface area contributed by atoms with Gasteiger partial charge < -0.3 is 15.0 Å². The Morgan fingerprint density at radius 1 is 1.39 bits per heavy atom. The molecule has 0 bridgehead atoms. The van der Waals surface area contributed by atoms with Crippen molar-refractivity contribution in [1.82, 2.24) is 24.9 Å². The van der Waals surface area contributed by atoms with Crippen LogP contribution in [0.5, 0.6) is 5.75 Å². The van der Waals surface area contributed by atoms with Crippen LogP contribution in [0.3, 0.4) is 0 Å². The summed E-state index contributed by atoms with van der Waals surface area (Å²) in [6.07, 6.45) is 8.66. The van der Waals surface area contributed by atoms with E-state index in [2.05, 4.69) is 15.3 Å². The highest BCUT2D eigenvalue weighted by Gasteiger charge is 2.31. The van der Waals surface area contributed by atoms with Gasteiger partial charge in [-0.25, -0.2) is 0 Å². The maximum absolute atomic E-state index is 12.8. The first-order chi connectivity index (χ1) is 15.0. The van der Waals surface area contributed by atoms with Crippen LogP contribution in [0.2, 0.25) is 0 Å². The summed E-state index contributed by atoms with van der Waals surface area (Å²) >= 11 is 0. The van der Waals surface area contributed by atoms with E-state index < -0.39 is 6.04 Å². The molecule has 2 amide bonds. The molecule has 8 nitrogen and oxygen atoms in total. The summed E-state index contributed by atoms with van der Waals surface area (Å²) in [4.78, 5) is 29.0. The molecule has 1 unspecified atom stereocenters. The van der Waals surface area contributed by atoms with E-state index in [0.29, 0.717) is 26.2 Å². The number of piperazine rings is 1. The molecule has 2 aromatic rings. The van der Waals surface area contributed by atoms with Crippen LogP contribution in [0.1, 0.15) is 17.5 Å². The second-order valence-electron chi connectivity index (χ2n) is 7.74. The number of aryl methyl sites for hydroxylation is 1. The summed E-state index contributed by atoms with van der Waals surface area (Å²) in [5.74, 6) is 0.674. The molecular weight excluding hydrogens is 394 g/mol. The average molecular weight is 426 g/mol. The fraction of sp³-hybridized carbons (Fsp3) is 0.435. The van der Waals surface area contributed by atoms with Crippen molar-refractivity contribution in [2.75, 3.05) is 40.3 Å². The molecule has 0 aliphatic carbocycles. The second kappa shape index (κ2) is 10.8. The van der Waals surface area contributed by atoms with Crippen LogP contribution in [-0.2, 0) is 23.1 Å². The number of nitrogens with one attached hydrogen (secondary N) is 1. The Bertz CT molecular complexity index is 923. The number of para-hydroxylation sites is 1. The molecule has 1 fully saturated rings. The number of amides is 2. The Morgan fingerprint density at radius 3 is 2.94 bits per heavy atom. The Labute approximate surface area is 183 Å². The number of ether oxygens (including phenoxy) is 1. The van der Waals surface area contributed by atoms with E-state index >= 15 is 0 Å². The van der Waals surface area contributed by atoms with E-state index in [1.165, 1.54) is 0 Å². The molecule has 2 heterocycles. The smallest absolute Gasteiger partial charge is 0.237 e. The monoisotopic (exact) mass is 425 g/mol. The van der Waals surface area contributed by atoms with Crippen LogP contribution < -0.4 is 10.1 Å². The molecule has 1 aliphatic rings. The third-order valence-corrected chi connectivity index (χ3v) is 5.51. The maximum Gasteiger partial charge on any atom is 0.237 e. The lowest BCUT2D eigenvalue weighted by molar-refractivity contribution is -0.137. The van der Waals surface area contributed by atoms with Crippen molar-refractivity contribution >= 4 is 17.9 Å². The van der Waals surface area contributed by atoms with Crippen LogP contribution >= 0.6 is 0 Å². The van der Waals surface area contributed by atoms with Gasteiger partial charge in [0.15, 0.2) is 0 Å². The normalized spacial score (nSPS) is 17.0. The maximum atomic E-state index is 12.8. The number of hydrogen-bond acceptors (Lipinski definition) is 5. The minimum absolute atomic E-state index is 0.0374. The van der Waals surface area contributed by atoms with Crippen molar-refractivity contribution in [3.05, 3.63) is 53.9 Å². The number of likely N-dealkylation sites (N-methyl/N-ethyl adjacent to an activating group) is 1. The van der Waals surface area contributed by atoms with Gasteiger partial charge in [0, 0.05) is 52.0 Å². The van der Waals surface area contributed by atoms with Crippen LogP contribution in [-0.4, -0.2) is 77.8 Å². The highest BCUT2D eigenvalue weighted by atomic mass is 16.5. The van der Waals surface area contributed by atoms with Crippen LogP contribution in [0.15, 0.2) is 42.7 Å². The molecule has 3 rings (SSSR count). The molecule has 1 aromatic heterocycles. The zero-order chi connectivity index (χ0) is 22.2. The van der Waals surface area contributed by atoms with Gasteiger partial charge in [-0.15, -0.1) is 0 Å². The number of rotatable bonds is 9. The summed E-state index contributed by atoms with van der Waals surface area (Å²) in [5, 5.41) is 7.04. The number of carbonyl (C=O) groups is 2. The predicted octanol–water partition coefficient (Wildman–Crippen LogP) is 1.33. The van der Waals surface area contributed by atoms with Crippen molar-refractivity contribution in [3.63, 3.8) is 0 Å². The molecule has 1 saturated heterocycles. The van der Waals surface area contributed by atoms with Crippen molar-refractivity contribution in [2.24, 2.45) is 7.05 Å². The highest BCUT2D eigenvalue weighted by Crippen LogP contribution is 2.19. The molecule has 1 N–H and O–H groups in total. The van der Waals surface area contributed by atoms with Gasteiger partial charge in [0.2, 0.25) is 11.8 Å². The fourth-order valence-electron chi connectivity index (χ4n) is 3.67. The van der Waals surface area contributed by atoms with Gasteiger partial charge >= 0.3 is 0 Å². The minimum atomic E-state index is -0.468. The number of methoxy groups -OCH3 is 1. The molecule has 166 valence electrons. The van der Waals surface area contributed by atoms with Gasteiger partial charge in [0.25, 0.3) is 0 Å². The van der Waals surface area contributed by atoms with E-state index in [1.807, 2.05) is 55.9 Å². The van der Waals surface area contributed by atoms with E-state index in [-0.39, 0.29) is 18.2 Å². The molecule has 0 radical (unpaired) electrons. The van der Waals surface area contributed by atoms with Gasteiger partial charge in [-0.1, -0.05) is 30.4 Å². The topological polar surface area (TPSA) is 79.7 Å². The van der Waals surface area contributed by atoms with Crippen LogP contribution in [0.4, 0.5) is 0 Å². The van der Waals surface area contributed by atoms with Gasteiger partial charge in [0.05, 0.1) is 25.8 Å². The van der Waals surface area contributed by atoms with Crippen molar-refractivity contribution in [2.45, 2.75) is 18.9 Å². The number of carbonyl (C=O) groups excluding carboxylic acids is 2. The van der Waals surface area contributed by atoms with Crippen LogP contribution in [0.25, 0.3) is 6.08 Å². The third-order valence-electron chi connectivity index (χ3n) is 5.51. The minimum Gasteiger partial charge on any atom is -0.496 e. The number of nitrogens with zero attached hydrogens (tertiary/aromatic N) is 4. The van der Waals surface area contributed by atoms with E-state index in [1.54, 1.807) is 23.7 Å². The first-order valence-corrected chi connectivity index (χ1v) is 10.5. The predicted molar refractivity (Wildman–Crippen MR) is 120 cm³/mol. The zero-order valence-corrected chi connectivity index (χ0v) is 18.5. The standard InChI is InChI=1S/C23H31N5O3/c1-26(13-10-18-16-25-27(2)17-18)22(29)15-20-23(30)24-11-14-28(20)12-6-8-19-7-4-5-9-21(19)31-3/h4-9,16-17,20H,10-15H2,1-3H3,(H,24,30). The largest absolute Gasteiger partial charge is 0.496 e. The first kappa shape index (κ1) is 22.6. The van der Waals surface area contributed by atoms with Crippen LogP contribution in [0, 0.1) is 0 Å². The summed E-state index contributed by atoms with van der Waals surface area (Å²) in [7, 11) is 5.30. The third kappa shape index (κ3) is 6.18. The molecule has 1 atom stereocenters. The Morgan fingerprint density at radius 2 is 2.19 bits per heavy atom. The molecular formula is C23H31N5O3. The number of benzene rings is 1. The lowest BCUT2D eigenvalue weighted by atomic mass is 10.1. The van der Waals surface area contributed by atoms with Crippen molar-refractivity contribution < 1.29 is 14.3 Å². The number of aromatic nitrogens is 2. The molecule has 1 aliphatic heterocycles. The molecule has 31 heavy (non-hydrogen) atoms.